The van der Waals surface area contributed by atoms with Gasteiger partial charge in [-0.15, -0.1) is 0 Å². The first-order valence-corrected chi connectivity index (χ1v) is 6.16. The molecule has 1 aromatic carbocycles. The summed E-state index contributed by atoms with van der Waals surface area (Å²) in [4.78, 5) is 1.91. The maximum absolute atomic E-state index is 13.8. The molecule has 5 heteroatoms. The minimum atomic E-state index is -0.326. The van der Waals surface area contributed by atoms with Crippen LogP contribution in [-0.4, -0.2) is 24.3 Å². The summed E-state index contributed by atoms with van der Waals surface area (Å²) in [5.41, 5.74) is 1.38. The fourth-order valence-electron chi connectivity index (χ4n) is 2.13. The van der Waals surface area contributed by atoms with Gasteiger partial charge >= 0.3 is 0 Å². The molecule has 0 aliphatic carbocycles. The molecule has 1 aliphatic rings. The summed E-state index contributed by atoms with van der Waals surface area (Å²) >= 11 is 3.23. The summed E-state index contributed by atoms with van der Waals surface area (Å²) in [6, 6.07) is 3.25. The van der Waals surface area contributed by atoms with E-state index < -0.39 is 0 Å². The Labute approximate surface area is 106 Å². The van der Waals surface area contributed by atoms with Gasteiger partial charge in [0, 0.05) is 24.5 Å². The second-order valence-corrected chi connectivity index (χ2v) is 5.14. The molecule has 3 nitrogen and oxygen atoms in total. The van der Waals surface area contributed by atoms with Gasteiger partial charge in [0.15, 0.2) is 5.58 Å². The Morgan fingerprint density at radius 1 is 1.47 bits per heavy atom. The molecular formula is C12H11BrFNO2. The maximum atomic E-state index is 13.8. The van der Waals surface area contributed by atoms with Crippen LogP contribution >= 0.6 is 15.9 Å². The van der Waals surface area contributed by atoms with Gasteiger partial charge in [0.1, 0.15) is 11.6 Å². The van der Waals surface area contributed by atoms with Crippen LogP contribution in [0.25, 0.3) is 11.0 Å². The number of furan rings is 1. The molecule has 0 bridgehead atoms. The van der Waals surface area contributed by atoms with Gasteiger partial charge in [0.2, 0.25) is 0 Å². The average Bonchev–Trinajstić information content (AvgIpc) is 2.62. The maximum Gasteiger partial charge on any atom is 0.158 e. The molecule has 3 rings (SSSR count). The molecule has 1 aromatic heterocycles. The van der Waals surface area contributed by atoms with Gasteiger partial charge in [-0.1, -0.05) is 0 Å². The van der Waals surface area contributed by atoms with Crippen molar-refractivity contribution in [3.8, 4) is 0 Å². The third-order valence-electron chi connectivity index (χ3n) is 3.00. The highest BCUT2D eigenvalue weighted by Crippen LogP contribution is 2.38. The van der Waals surface area contributed by atoms with E-state index in [4.69, 9.17) is 4.42 Å². The Balaban J connectivity index is 2.20. The highest BCUT2D eigenvalue weighted by molar-refractivity contribution is 9.10. The molecule has 17 heavy (non-hydrogen) atoms. The number of aliphatic hydroxyl groups is 1. The van der Waals surface area contributed by atoms with E-state index in [1.807, 2.05) is 17.9 Å². The van der Waals surface area contributed by atoms with Crippen molar-refractivity contribution in [1.29, 1.82) is 0 Å². The number of rotatable bonds is 1. The smallest absolute Gasteiger partial charge is 0.158 e. The number of fused-ring (bicyclic) bond motifs is 1. The van der Waals surface area contributed by atoms with E-state index in [1.165, 1.54) is 6.07 Å². The summed E-state index contributed by atoms with van der Waals surface area (Å²) in [6.07, 6.45) is -0.326. The fourth-order valence-corrected chi connectivity index (χ4v) is 2.54. The lowest BCUT2D eigenvalue weighted by Crippen LogP contribution is -2.50. The summed E-state index contributed by atoms with van der Waals surface area (Å²) in [6.45, 7) is 2.88. The summed E-state index contributed by atoms with van der Waals surface area (Å²) in [5.74, 6) is 0.434. The predicted molar refractivity (Wildman–Crippen MR) is 66.8 cm³/mol. The number of aryl methyl sites for hydroxylation is 1. The zero-order valence-corrected chi connectivity index (χ0v) is 10.8. The van der Waals surface area contributed by atoms with Gasteiger partial charge in [-0.2, -0.15) is 0 Å². The summed E-state index contributed by atoms with van der Waals surface area (Å²) < 4.78 is 19.8. The van der Waals surface area contributed by atoms with Crippen LogP contribution in [-0.2, 0) is 0 Å². The number of benzene rings is 1. The first-order valence-electron chi connectivity index (χ1n) is 5.37. The summed E-state index contributed by atoms with van der Waals surface area (Å²) in [7, 11) is 0. The zero-order chi connectivity index (χ0) is 12.2. The van der Waals surface area contributed by atoms with Crippen LogP contribution in [0.2, 0.25) is 0 Å². The molecule has 1 aliphatic heterocycles. The van der Waals surface area contributed by atoms with Gasteiger partial charge in [0.25, 0.3) is 0 Å². The van der Waals surface area contributed by atoms with Crippen LogP contribution in [0.3, 0.4) is 0 Å². The molecule has 0 spiro atoms. The van der Waals surface area contributed by atoms with Crippen LogP contribution in [0.4, 0.5) is 10.1 Å². The average molecular weight is 300 g/mol. The van der Waals surface area contributed by atoms with E-state index in [9.17, 15) is 9.50 Å². The first-order chi connectivity index (χ1) is 8.06. The number of anilines is 1. The lowest BCUT2D eigenvalue weighted by atomic mass is 10.1. The first kappa shape index (κ1) is 11.0. The normalized spacial score (nSPS) is 16.6. The van der Waals surface area contributed by atoms with Crippen LogP contribution in [0.1, 0.15) is 5.76 Å². The molecule has 0 radical (unpaired) electrons. The van der Waals surface area contributed by atoms with Crippen molar-refractivity contribution in [3.63, 3.8) is 0 Å². The Morgan fingerprint density at radius 2 is 2.18 bits per heavy atom. The molecule has 0 unspecified atom stereocenters. The van der Waals surface area contributed by atoms with E-state index in [0.717, 1.165) is 11.1 Å². The zero-order valence-electron chi connectivity index (χ0n) is 9.20. The predicted octanol–water partition coefficient (Wildman–Crippen LogP) is 2.82. The monoisotopic (exact) mass is 299 g/mol. The summed E-state index contributed by atoms with van der Waals surface area (Å²) in [5, 5.41) is 10.0. The Hall–Kier alpha value is -1.07. The molecule has 0 saturated carbocycles. The highest BCUT2D eigenvalue weighted by atomic mass is 79.9. The quantitative estimate of drug-likeness (QED) is 0.880. The molecule has 1 N–H and O–H groups in total. The topological polar surface area (TPSA) is 36.6 Å². The third-order valence-corrected chi connectivity index (χ3v) is 3.81. The second kappa shape index (κ2) is 3.71. The van der Waals surface area contributed by atoms with E-state index in [0.29, 0.717) is 28.8 Å². The van der Waals surface area contributed by atoms with Crippen LogP contribution in [0.15, 0.2) is 21.0 Å². The van der Waals surface area contributed by atoms with E-state index in [1.54, 1.807) is 0 Å². The van der Waals surface area contributed by atoms with Crippen molar-refractivity contribution in [2.45, 2.75) is 13.0 Å². The third kappa shape index (κ3) is 1.65. The van der Waals surface area contributed by atoms with Gasteiger partial charge in [0.05, 0.1) is 16.3 Å². The molecule has 1 saturated heterocycles. The number of nitrogens with zero attached hydrogens (tertiary/aromatic N) is 1. The van der Waals surface area contributed by atoms with Gasteiger partial charge in [-0.25, -0.2) is 4.39 Å². The Kier molecular flexibility index (Phi) is 2.41. The SMILES string of the molecule is Cc1cc2c(Br)c(F)cc(N3CC(O)C3)c2o1. The van der Waals surface area contributed by atoms with E-state index >= 15 is 0 Å². The van der Waals surface area contributed by atoms with Crippen molar-refractivity contribution in [2.75, 3.05) is 18.0 Å². The molecule has 2 aromatic rings. The Morgan fingerprint density at radius 3 is 2.82 bits per heavy atom. The standard InChI is InChI=1S/C12H11BrFNO2/c1-6-2-8-11(13)9(14)3-10(12(8)17-6)15-4-7(16)5-15/h2-3,7,16H,4-5H2,1H3. The van der Waals surface area contributed by atoms with E-state index in [-0.39, 0.29) is 11.9 Å². The minimum absolute atomic E-state index is 0.310. The number of hydrogen-bond acceptors (Lipinski definition) is 3. The molecule has 90 valence electrons. The van der Waals surface area contributed by atoms with Crippen LogP contribution in [0.5, 0.6) is 0 Å². The number of β-amino-alcohol motifs (C(OH)–C–C–N with tert-alkyl or cyclic N) is 1. The van der Waals surface area contributed by atoms with E-state index in [2.05, 4.69) is 15.9 Å². The number of aliphatic hydroxyl groups excluding tert-OH is 1. The highest BCUT2D eigenvalue weighted by Gasteiger charge is 2.28. The number of halogens is 2. The largest absolute Gasteiger partial charge is 0.459 e. The molecular weight excluding hydrogens is 289 g/mol. The fraction of sp³-hybridized carbons (Fsp3) is 0.333. The minimum Gasteiger partial charge on any atom is -0.459 e. The van der Waals surface area contributed by atoms with Gasteiger partial charge in [-0.05, 0) is 28.9 Å². The lowest BCUT2D eigenvalue weighted by molar-refractivity contribution is 0.142. The van der Waals surface area contributed by atoms with Crippen molar-refractivity contribution in [3.05, 3.63) is 28.2 Å². The van der Waals surface area contributed by atoms with Crippen molar-refractivity contribution >= 4 is 32.6 Å². The van der Waals surface area contributed by atoms with Crippen LogP contribution in [0, 0.1) is 12.7 Å². The molecule has 0 atom stereocenters. The van der Waals surface area contributed by atoms with Crippen LogP contribution < -0.4 is 4.90 Å². The Bertz CT molecular complexity index is 590. The van der Waals surface area contributed by atoms with Crippen molar-refractivity contribution in [2.24, 2.45) is 0 Å². The number of hydrogen-bond donors (Lipinski definition) is 1. The van der Waals surface area contributed by atoms with Gasteiger partial charge in [-0.3, -0.25) is 0 Å². The lowest BCUT2D eigenvalue weighted by Gasteiger charge is -2.37. The van der Waals surface area contributed by atoms with Gasteiger partial charge < -0.3 is 14.4 Å². The molecule has 0 amide bonds. The van der Waals surface area contributed by atoms with Crippen molar-refractivity contribution < 1.29 is 13.9 Å². The molecule has 1 fully saturated rings. The second-order valence-electron chi connectivity index (χ2n) is 4.35. The molecule has 2 heterocycles. The van der Waals surface area contributed by atoms with Crippen molar-refractivity contribution in [1.82, 2.24) is 0 Å².